The van der Waals surface area contributed by atoms with Crippen LogP contribution in [0.3, 0.4) is 0 Å². The number of aliphatic hydroxyl groups is 1. The maximum Gasteiger partial charge on any atom is 0.141 e. The quantitative estimate of drug-likeness (QED) is 0.215. The Labute approximate surface area is 344 Å². The van der Waals surface area contributed by atoms with Crippen LogP contribution in [0.2, 0.25) is 0 Å². The summed E-state index contributed by atoms with van der Waals surface area (Å²) >= 11 is 0. The highest BCUT2D eigenvalue weighted by Crippen LogP contribution is 2.44. The monoisotopic (exact) mass is 769 g/mol. The predicted molar refractivity (Wildman–Crippen MR) is 247 cm³/mol. The van der Waals surface area contributed by atoms with Crippen molar-refractivity contribution in [2.45, 2.75) is 251 Å². The lowest BCUT2D eigenvalue weighted by atomic mass is 9.74. The van der Waals surface area contributed by atoms with Crippen LogP contribution in [0, 0.1) is 62.1 Å². The molecule has 0 saturated heterocycles. The van der Waals surface area contributed by atoms with E-state index < -0.39 is 0 Å². The average molecular weight is 769 g/mol. The lowest BCUT2D eigenvalue weighted by molar-refractivity contribution is -0.130. The van der Waals surface area contributed by atoms with Gasteiger partial charge in [-0.15, -0.1) is 0 Å². The molecule has 0 aromatic rings. The summed E-state index contributed by atoms with van der Waals surface area (Å²) in [5, 5.41) is 9.38. The third-order valence-electron chi connectivity index (χ3n) is 10.5. The number of carbonyl (C=O) groups excluding carboxylic acids is 2. The molecule has 2 aliphatic carbocycles. The first kappa shape index (κ1) is 62.5. The molecule has 5 unspecified atom stereocenters. The lowest BCUT2D eigenvalue weighted by Crippen LogP contribution is -2.27. The zero-order valence-electron chi connectivity index (χ0n) is 37.5. The highest BCUT2D eigenvalue weighted by atomic mass is 16.3. The molecule has 330 valence electrons. The largest absolute Gasteiger partial charge is 0.396 e. The van der Waals surface area contributed by atoms with Gasteiger partial charge in [0.2, 0.25) is 0 Å². The molecule has 5 atom stereocenters. The molecule has 54 heavy (non-hydrogen) atoms. The molecule has 2 rings (SSSR count). The van der Waals surface area contributed by atoms with Crippen LogP contribution < -0.4 is 0 Å². The Morgan fingerprint density at radius 3 is 1.37 bits per heavy atom. The second-order valence-electron chi connectivity index (χ2n) is 24.0. The Kier molecular flexibility index (Phi) is 30.5. The molecule has 2 fully saturated rings. The first-order valence-electron chi connectivity index (χ1n) is 21.0. The summed E-state index contributed by atoms with van der Waals surface area (Å²) in [6, 6.07) is 0. The number of Topliss-reactive ketones (excluding diaryl/α,β-unsaturated/α-hetero) is 2. The summed E-state index contributed by atoms with van der Waals surface area (Å²) in [6.45, 7) is 40.7. The molecule has 3 heteroatoms. The Morgan fingerprint density at radius 1 is 0.574 bits per heavy atom. The van der Waals surface area contributed by atoms with Crippen molar-refractivity contribution in [3.8, 4) is 0 Å². The van der Waals surface area contributed by atoms with Crippen molar-refractivity contribution in [3.63, 3.8) is 0 Å². The number of aliphatic hydroxyl groups excluding tert-OH is 1. The number of ketones is 2. The van der Waals surface area contributed by atoms with Gasteiger partial charge in [0.25, 0.3) is 0 Å². The molecule has 3 nitrogen and oxygen atoms in total. The summed E-state index contributed by atoms with van der Waals surface area (Å²) in [6.07, 6.45) is 17.3. The number of hydrogen-bond acceptors (Lipinski definition) is 3. The lowest BCUT2D eigenvalue weighted by Gasteiger charge is -2.31. The van der Waals surface area contributed by atoms with Crippen molar-refractivity contribution in [2.24, 2.45) is 62.1 Å². The molecule has 0 aromatic carbocycles. The van der Waals surface area contributed by atoms with E-state index in [0.717, 1.165) is 56.3 Å². The van der Waals surface area contributed by atoms with Crippen LogP contribution in [-0.2, 0) is 9.59 Å². The fourth-order valence-electron chi connectivity index (χ4n) is 8.55. The van der Waals surface area contributed by atoms with E-state index in [0.29, 0.717) is 52.5 Å². The second-order valence-corrected chi connectivity index (χ2v) is 24.0. The normalized spacial score (nSPS) is 21.0. The van der Waals surface area contributed by atoms with Crippen LogP contribution in [0.5, 0.6) is 0 Å². The van der Waals surface area contributed by atoms with Crippen LogP contribution >= 0.6 is 0 Å². The number of carbonyl (C=O) groups is 2. The highest BCUT2D eigenvalue weighted by Gasteiger charge is 2.36. The zero-order valence-corrected chi connectivity index (χ0v) is 37.5. The molecule has 0 bridgehead atoms. The van der Waals surface area contributed by atoms with Crippen molar-refractivity contribution in [1.82, 2.24) is 0 Å². The minimum atomic E-state index is -0.151. The molecule has 0 amide bonds. The maximum absolute atomic E-state index is 12.2. The van der Waals surface area contributed by atoms with E-state index >= 15 is 0 Å². The molecular weight excluding hydrogens is 661 g/mol. The smallest absolute Gasteiger partial charge is 0.141 e. The van der Waals surface area contributed by atoms with Gasteiger partial charge in [-0.2, -0.15) is 0 Å². The van der Waals surface area contributed by atoms with Gasteiger partial charge in [0, 0.05) is 30.8 Å². The molecule has 2 saturated carbocycles. The molecule has 0 heterocycles. The number of hydrogen-bond donors (Lipinski definition) is 1. The highest BCUT2D eigenvalue weighted by molar-refractivity contribution is 5.86. The van der Waals surface area contributed by atoms with E-state index in [4.69, 9.17) is 0 Å². The van der Waals surface area contributed by atoms with E-state index in [1.54, 1.807) is 0 Å². The van der Waals surface area contributed by atoms with Gasteiger partial charge in [0.05, 0.1) is 0 Å². The minimum Gasteiger partial charge on any atom is -0.396 e. The summed E-state index contributed by atoms with van der Waals surface area (Å²) in [5.41, 5.74) is 1.79. The standard InChI is InChI=1S/C17H34O2.C15H28O.C15H30.4CH4/c1-16(2,3)11-10-15(19)9-7-8-14(13-18)12-17(4,5)6;1-14(2,3)10-11-7-8-12(9-11)13(16)15(4,5)6;1-14(2,3)10-12-8-7-9-13(12)11-15(4,5)6;;;;/h14,18H,7-13H2,1-6H3;11-12H,7-10H2,1-6H3;12-13H,7-11H2,1-6H3;4*1H4. The topological polar surface area (TPSA) is 54.4 Å². The van der Waals surface area contributed by atoms with Gasteiger partial charge < -0.3 is 5.11 Å². The van der Waals surface area contributed by atoms with Crippen molar-refractivity contribution < 1.29 is 14.7 Å². The predicted octanol–water partition coefficient (Wildman–Crippen LogP) is 16.9. The van der Waals surface area contributed by atoms with Crippen molar-refractivity contribution >= 4 is 11.6 Å². The van der Waals surface area contributed by atoms with Gasteiger partial charge in [-0.3, -0.25) is 9.59 Å². The maximum atomic E-state index is 12.2. The third-order valence-corrected chi connectivity index (χ3v) is 10.5. The molecular formula is C51H108O3. The van der Waals surface area contributed by atoms with E-state index in [9.17, 15) is 14.7 Å². The van der Waals surface area contributed by atoms with Gasteiger partial charge in [-0.1, -0.05) is 174 Å². The summed E-state index contributed by atoms with van der Waals surface area (Å²) < 4.78 is 0. The van der Waals surface area contributed by atoms with E-state index in [-0.39, 0.29) is 52.6 Å². The average Bonchev–Trinajstić information content (AvgIpc) is 3.51. The third kappa shape index (κ3) is 33.4. The van der Waals surface area contributed by atoms with Crippen molar-refractivity contribution in [2.75, 3.05) is 6.61 Å². The summed E-state index contributed by atoms with van der Waals surface area (Å²) in [7, 11) is 0. The second kappa shape index (κ2) is 26.3. The van der Waals surface area contributed by atoms with E-state index in [1.165, 1.54) is 44.9 Å². The molecule has 0 aromatic heterocycles. The fourth-order valence-corrected chi connectivity index (χ4v) is 8.55. The minimum absolute atomic E-state index is 0. The summed E-state index contributed by atoms with van der Waals surface area (Å²) in [5.74, 6) is 4.32. The van der Waals surface area contributed by atoms with Gasteiger partial charge in [0.1, 0.15) is 11.6 Å². The van der Waals surface area contributed by atoms with Crippen LogP contribution in [0.1, 0.15) is 251 Å². The van der Waals surface area contributed by atoms with Crippen molar-refractivity contribution in [1.29, 1.82) is 0 Å². The first-order chi connectivity index (χ1) is 22.3. The Morgan fingerprint density at radius 2 is 1.02 bits per heavy atom. The van der Waals surface area contributed by atoms with Gasteiger partial charge in [-0.25, -0.2) is 0 Å². The zero-order chi connectivity index (χ0) is 39.4. The SMILES string of the molecule is C.C.C.C.CC(C)(C)CC1CCC(C(=O)C(C)(C)C)C1.CC(C)(C)CC1CCCC1CC(C)(C)C.CC(C)(C)CCC(=O)CCCC(CO)CC(C)(C)C. The van der Waals surface area contributed by atoms with Crippen LogP contribution in [-0.4, -0.2) is 23.3 Å². The van der Waals surface area contributed by atoms with Crippen molar-refractivity contribution in [3.05, 3.63) is 0 Å². The molecule has 0 aliphatic heterocycles. The molecule has 1 N–H and O–H groups in total. The summed E-state index contributed by atoms with van der Waals surface area (Å²) in [4.78, 5) is 24.0. The van der Waals surface area contributed by atoms with Gasteiger partial charge in [-0.05, 0) is 115 Å². The first-order valence-corrected chi connectivity index (χ1v) is 21.0. The van der Waals surface area contributed by atoms with E-state index in [1.807, 2.05) is 20.8 Å². The van der Waals surface area contributed by atoms with E-state index in [2.05, 4.69) is 104 Å². The fraction of sp³-hybridized carbons (Fsp3) is 0.961. The molecule has 0 radical (unpaired) electrons. The Hall–Kier alpha value is -0.700. The molecule has 0 spiro atoms. The van der Waals surface area contributed by atoms with Crippen LogP contribution in [0.25, 0.3) is 0 Å². The van der Waals surface area contributed by atoms with Crippen LogP contribution in [0.4, 0.5) is 0 Å². The number of rotatable bonds is 12. The van der Waals surface area contributed by atoms with Crippen LogP contribution in [0.15, 0.2) is 0 Å². The Balaban J connectivity index is -0.000000216. The Bertz CT molecular complexity index is 926. The van der Waals surface area contributed by atoms with Gasteiger partial charge in [0.15, 0.2) is 0 Å². The molecule has 2 aliphatic rings. The van der Waals surface area contributed by atoms with Gasteiger partial charge >= 0.3 is 0 Å².